The minimum atomic E-state index is -0.884. The first-order chi connectivity index (χ1) is 16.0. The van der Waals surface area contributed by atoms with Gasteiger partial charge in [0.1, 0.15) is 6.04 Å². The van der Waals surface area contributed by atoms with Gasteiger partial charge < -0.3 is 10.4 Å². The molecular formula is C28H30N2O3. The van der Waals surface area contributed by atoms with E-state index in [-0.39, 0.29) is 24.4 Å². The van der Waals surface area contributed by atoms with Crippen LogP contribution in [0.1, 0.15) is 30.5 Å². The normalized spacial score (nSPS) is 18.5. The third-order valence-electron chi connectivity index (χ3n) is 6.54. The van der Waals surface area contributed by atoms with Gasteiger partial charge in [0.25, 0.3) is 0 Å². The van der Waals surface area contributed by atoms with Crippen LogP contribution in [0.3, 0.4) is 0 Å². The van der Waals surface area contributed by atoms with Crippen molar-refractivity contribution < 1.29 is 14.7 Å². The molecule has 1 aliphatic heterocycles. The van der Waals surface area contributed by atoms with Gasteiger partial charge in [-0.2, -0.15) is 0 Å². The van der Waals surface area contributed by atoms with Crippen LogP contribution in [-0.4, -0.2) is 41.0 Å². The van der Waals surface area contributed by atoms with E-state index in [1.807, 2.05) is 68.4 Å². The van der Waals surface area contributed by atoms with Gasteiger partial charge in [0.05, 0.1) is 11.5 Å². The number of hydrogen-bond acceptors (Lipinski definition) is 3. The van der Waals surface area contributed by atoms with Crippen molar-refractivity contribution in [1.82, 2.24) is 10.2 Å². The molecule has 5 nitrogen and oxygen atoms in total. The summed E-state index contributed by atoms with van der Waals surface area (Å²) in [5.41, 5.74) is 2.63. The highest BCUT2D eigenvalue weighted by Gasteiger charge is 2.55. The fraction of sp³-hybridized carbons (Fsp3) is 0.286. The molecule has 33 heavy (non-hydrogen) atoms. The van der Waals surface area contributed by atoms with Crippen molar-refractivity contribution in [2.75, 3.05) is 13.1 Å². The molecule has 1 saturated heterocycles. The molecule has 0 spiro atoms. The van der Waals surface area contributed by atoms with E-state index in [0.717, 1.165) is 16.7 Å². The lowest BCUT2D eigenvalue weighted by atomic mass is 9.76. The number of carbonyl (C=O) groups excluding carboxylic acids is 1. The fourth-order valence-corrected chi connectivity index (χ4v) is 4.71. The third kappa shape index (κ3) is 4.41. The molecule has 5 heteroatoms. The zero-order valence-electron chi connectivity index (χ0n) is 19.0. The van der Waals surface area contributed by atoms with Crippen molar-refractivity contribution >= 4 is 11.9 Å². The molecule has 3 atom stereocenters. The molecule has 0 saturated carbocycles. The Morgan fingerprint density at radius 2 is 1.30 bits per heavy atom. The highest BCUT2D eigenvalue weighted by atomic mass is 16.4. The monoisotopic (exact) mass is 442 g/mol. The summed E-state index contributed by atoms with van der Waals surface area (Å²) < 4.78 is 0. The largest absolute Gasteiger partial charge is 0.481 e. The van der Waals surface area contributed by atoms with Crippen molar-refractivity contribution in [2.24, 2.45) is 11.8 Å². The van der Waals surface area contributed by atoms with E-state index < -0.39 is 17.4 Å². The zero-order chi connectivity index (χ0) is 23.4. The van der Waals surface area contributed by atoms with Gasteiger partial charge in [-0.05, 0) is 22.6 Å². The Morgan fingerprint density at radius 1 is 0.879 bits per heavy atom. The topological polar surface area (TPSA) is 69.4 Å². The number of carbonyl (C=O) groups is 2. The predicted octanol–water partition coefficient (Wildman–Crippen LogP) is 4.14. The average Bonchev–Trinajstić information content (AvgIpc) is 3.63. The van der Waals surface area contributed by atoms with Crippen molar-refractivity contribution in [3.05, 3.63) is 108 Å². The summed E-state index contributed by atoms with van der Waals surface area (Å²) in [4.78, 5) is 26.9. The number of carboxylic acid groups (broad SMARTS) is 1. The Kier molecular flexibility index (Phi) is 6.61. The fourth-order valence-electron chi connectivity index (χ4n) is 4.71. The van der Waals surface area contributed by atoms with Gasteiger partial charge in [-0.3, -0.25) is 14.5 Å². The zero-order valence-corrected chi connectivity index (χ0v) is 19.0. The van der Waals surface area contributed by atoms with E-state index in [9.17, 15) is 14.7 Å². The van der Waals surface area contributed by atoms with Crippen LogP contribution in [0, 0.1) is 11.8 Å². The molecule has 0 radical (unpaired) electrons. The maximum absolute atomic E-state index is 13.2. The quantitative estimate of drug-likeness (QED) is 0.386. The van der Waals surface area contributed by atoms with Crippen LogP contribution in [-0.2, 0) is 15.1 Å². The lowest BCUT2D eigenvalue weighted by Gasteiger charge is -2.38. The van der Waals surface area contributed by atoms with Crippen LogP contribution >= 0.6 is 0 Å². The number of aliphatic carboxylic acids is 1. The molecule has 3 unspecified atom stereocenters. The Hall–Kier alpha value is -3.44. The van der Waals surface area contributed by atoms with Crippen molar-refractivity contribution in [1.29, 1.82) is 0 Å². The molecule has 1 amide bonds. The van der Waals surface area contributed by atoms with Gasteiger partial charge in [-0.25, -0.2) is 0 Å². The van der Waals surface area contributed by atoms with Crippen LogP contribution < -0.4 is 5.32 Å². The standard InChI is InChI=1S/C28H30N2O3/c1-20(2)24(27(32)33)18-29-26(31)25-19-30(25)28(21-12-6-3-7-13-21,22-14-8-4-9-15-22)23-16-10-5-11-17-23/h3-17,20,24-25H,18-19H2,1-2H3,(H,29,31)(H,32,33). The van der Waals surface area contributed by atoms with E-state index in [0.29, 0.717) is 6.54 Å². The lowest BCUT2D eigenvalue weighted by molar-refractivity contribution is -0.143. The SMILES string of the molecule is CC(C)C(CNC(=O)C1CN1C(c1ccccc1)(c1ccccc1)c1ccccc1)C(=O)O. The van der Waals surface area contributed by atoms with Crippen LogP contribution in [0.5, 0.6) is 0 Å². The van der Waals surface area contributed by atoms with Crippen LogP contribution in [0.15, 0.2) is 91.0 Å². The summed E-state index contributed by atoms with van der Waals surface area (Å²) in [5, 5.41) is 12.4. The van der Waals surface area contributed by atoms with Crippen molar-refractivity contribution in [3.8, 4) is 0 Å². The molecule has 3 aromatic rings. The van der Waals surface area contributed by atoms with Crippen molar-refractivity contribution in [3.63, 3.8) is 0 Å². The second-order valence-electron chi connectivity index (χ2n) is 8.91. The van der Waals surface area contributed by atoms with Gasteiger partial charge in [0.2, 0.25) is 5.91 Å². The predicted molar refractivity (Wildman–Crippen MR) is 129 cm³/mol. The van der Waals surface area contributed by atoms with Crippen LogP contribution in [0.25, 0.3) is 0 Å². The second-order valence-corrected chi connectivity index (χ2v) is 8.91. The summed E-state index contributed by atoms with van der Waals surface area (Å²) in [6.07, 6.45) is 0. The molecule has 1 fully saturated rings. The first kappa shape index (κ1) is 22.7. The molecule has 4 rings (SSSR count). The first-order valence-electron chi connectivity index (χ1n) is 11.4. The Morgan fingerprint density at radius 3 is 1.67 bits per heavy atom. The minimum Gasteiger partial charge on any atom is -0.481 e. The summed E-state index contributed by atoms with van der Waals surface area (Å²) in [7, 11) is 0. The molecule has 1 aliphatic rings. The maximum atomic E-state index is 13.2. The van der Waals surface area contributed by atoms with E-state index >= 15 is 0 Å². The summed E-state index contributed by atoms with van der Waals surface area (Å²) in [6, 6.07) is 30.4. The van der Waals surface area contributed by atoms with Gasteiger partial charge in [0, 0.05) is 13.1 Å². The van der Waals surface area contributed by atoms with Crippen molar-refractivity contribution in [2.45, 2.75) is 25.4 Å². The summed E-state index contributed by atoms with van der Waals surface area (Å²) in [6.45, 7) is 4.44. The van der Waals surface area contributed by atoms with Gasteiger partial charge >= 0.3 is 5.97 Å². The van der Waals surface area contributed by atoms with E-state index in [1.54, 1.807) is 0 Å². The summed E-state index contributed by atoms with van der Waals surface area (Å²) in [5.74, 6) is -1.68. The first-order valence-corrected chi connectivity index (χ1v) is 11.4. The lowest BCUT2D eigenvalue weighted by Crippen LogP contribution is -2.43. The molecule has 0 bridgehead atoms. The van der Waals surface area contributed by atoms with Gasteiger partial charge in [-0.15, -0.1) is 0 Å². The number of carboxylic acids is 1. The van der Waals surface area contributed by atoms with Gasteiger partial charge in [-0.1, -0.05) is 105 Å². The average molecular weight is 443 g/mol. The number of benzene rings is 3. The minimum absolute atomic E-state index is 0.0600. The Balaban J connectivity index is 1.72. The smallest absolute Gasteiger partial charge is 0.308 e. The Bertz CT molecular complexity index is 987. The van der Waals surface area contributed by atoms with Crippen LogP contribution in [0.2, 0.25) is 0 Å². The Labute approximate surface area is 195 Å². The second kappa shape index (κ2) is 9.59. The molecule has 2 N–H and O–H groups in total. The van der Waals surface area contributed by atoms with Gasteiger partial charge in [0.15, 0.2) is 0 Å². The van der Waals surface area contributed by atoms with E-state index in [2.05, 4.69) is 46.6 Å². The van der Waals surface area contributed by atoms with E-state index in [4.69, 9.17) is 0 Å². The summed E-state index contributed by atoms with van der Waals surface area (Å²) >= 11 is 0. The molecule has 1 heterocycles. The molecule has 170 valence electrons. The molecule has 0 aromatic heterocycles. The number of amides is 1. The molecular weight excluding hydrogens is 412 g/mol. The van der Waals surface area contributed by atoms with E-state index in [1.165, 1.54) is 0 Å². The highest BCUT2D eigenvalue weighted by molar-refractivity contribution is 5.86. The number of hydrogen-bond donors (Lipinski definition) is 2. The number of nitrogens with one attached hydrogen (secondary N) is 1. The molecule has 3 aromatic carbocycles. The highest BCUT2D eigenvalue weighted by Crippen LogP contribution is 2.48. The van der Waals surface area contributed by atoms with Crippen LogP contribution in [0.4, 0.5) is 0 Å². The third-order valence-corrected chi connectivity index (χ3v) is 6.54. The number of nitrogens with zero attached hydrogens (tertiary/aromatic N) is 1. The number of rotatable bonds is 9. The molecule has 0 aliphatic carbocycles. The maximum Gasteiger partial charge on any atom is 0.308 e.